The third kappa shape index (κ3) is 2.34. The maximum absolute atomic E-state index is 4.52. The zero-order valence-electron chi connectivity index (χ0n) is 11.2. The van der Waals surface area contributed by atoms with Gasteiger partial charge in [-0.05, 0) is 24.6 Å². The molecule has 102 valence electrons. The van der Waals surface area contributed by atoms with Crippen molar-refractivity contribution >= 4 is 38.9 Å². The van der Waals surface area contributed by atoms with E-state index in [9.17, 15) is 0 Å². The van der Waals surface area contributed by atoms with E-state index in [2.05, 4.69) is 49.5 Å². The molecular weight excluding hydrogens is 318 g/mol. The fourth-order valence-electron chi connectivity index (χ4n) is 1.94. The number of anilines is 3. The number of imidazole rings is 1. The zero-order valence-corrected chi connectivity index (χ0v) is 12.8. The van der Waals surface area contributed by atoms with Crippen molar-refractivity contribution < 1.29 is 0 Å². The van der Waals surface area contributed by atoms with Crippen LogP contribution in [-0.4, -0.2) is 21.4 Å². The van der Waals surface area contributed by atoms with E-state index in [1.807, 2.05) is 36.0 Å². The molecule has 3 rings (SSSR count). The summed E-state index contributed by atoms with van der Waals surface area (Å²) in [4.78, 5) is 8.85. The molecule has 0 bridgehead atoms. The first kappa shape index (κ1) is 12.9. The number of nitrogens with one attached hydrogen (secondary N) is 2. The van der Waals surface area contributed by atoms with E-state index >= 15 is 0 Å². The number of aryl methyl sites for hydroxylation is 1. The molecule has 0 radical (unpaired) electrons. The highest BCUT2D eigenvalue weighted by atomic mass is 79.9. The van der Waals surface area contributed by atoms with Crippen molar-refractivity contribution in [1.82, 2.24) is 14.4 Å². The maximum atomic E-state index is 4.52. The molecule has 0 spiro atoms. The minimum atomic E-state index is 0.720. The van der Waals surface area contributed by atoms with E-state index in [1.54, 1.807) is 6.20 Å². The maximum Gasteiger partial charge on any atom is 0.180 e. The SMILES string of the molecule is CNc1cn2ccnc2c(Nc2ccc(C)c(Br)c2)n1. The fourth-order valence-corrected chi connectivity index (χ4v) is 2.32. The Kier molecular flexibility index (Phi) is 3.31. The van der Waals surface area contributed by atoms with Crippen LogP contribution >= 0.6 is 15.9 Å². The molecule has 3 aromatic rings. The second-order valence-electron chi connectivity index (χ2n) is 4.47. The highest BCUT2D eigenvalue weighted by Gasteiger charge is 2.08. The van der Waals surface area contributed by atoms with Gasteiger partial charge in [0, 0.05) is 29.6 Å². The average molecular weight is 332 g/mol. The Bertz CT molecular complexity index is 765. The first-order chi connectivity index (χ1) is 9.67. The summed E-state index contributed by atoms with van der Waals surface area (Å²) in [7, 11) is 1.84. The number of hydrogen-bond acceptors (Lipinski definition) is 4. The number of hydrogen-bond donors (Lipinski definition) is 2. The lowest BCUT2D eigenvalue weighted by molar-refractivity contribution is 1.12. The molecule has 2 heterocycles. The Hall–Kier alpha value is -2.08. The van der Waals surface area contributed by atoms with E-state index in [4.69, 9.17) is 0 Å². The van der Waals surface area contributed by atoms with Crippen LogP contribution in [0.3, 0.4) is 0 Å². The average Bonchev–Trinajstić information content (AvgIpc) is 2.91. The molecule has 0 unspecified atom stereocenters. The Balaban J connectivity index is 2.04. The predicted molar refractivity (Wildman–Crippen MR) is 84.7 cm³/mol. The summed E-state index contributed by atoms with van der Waals surface area (Å²) < 4.78 is 3.00. The van der Waals surface area contributed by atoms with Gasteiger partial charge >= 0.3 is 0 Å². The fraction of sp³-hybridized carbons (Fsp3) is 0.143. The molecule has 2 aromatic heterocycles. The molecule has 0 atom stereocenters. The lowest BCUT2D eigenvalue weighted by Crippen LogP contribution is -2.02. The van der Waals surface area contributed by atoms with Crippen LogP contribution in [-0.2, 0) is 0 Å². The smallest absolute Gasteiger partial charge is 0.180 e. The third-order valence-electron chi connectivity index (χ3n) is 3.06. The molecule has 0 saturated heterocycles. The number of rotatable bonds is 3. The first-order valence-electron chi connectivity index (χ1n) is 6.22. The Morgan fingerprint density at radius 3 is 2.90 bits per heavy atom. The molecule has 2 N–H and O–H groups in total. The van der Waals surface area contributed by atoms with Gasteiger partial charge in [0.25, 0.3) is 0 Å². The summed E-state index contributed by atoms with van der Waals surface area (Å²) in [6.07, 6.45) is 5.55. The summed E-state index contributed by atoms with van der Waals surface area (Å²) in [6.45, 7) is 2.06. The van der Waals surface area contributed by atoms with E-state index in [0.29, 0.717) is 0 Å². The number of nitrogens with zero attached hydrogens (tertiary/aromatic N) is 3. The van der Waals surface area contributed by atoms with E-state index in [-0.39, 0.29) is 0 Å². The molecule has 0 aliphatic heterocycles. The zero-order chi connectivity index (χ0) is 14.1. The Labute approximate surface area is 125 Å². The Morgan fingerprint density at radius 1 is 1.30 bits per heavy atom. The van der Waals surface area contributed by atoms with Crippen molar-refractivity contribution in [3.05, 3.63) is 46.8 Å². The summed E-state index contributed by atoms with van der Waals surface area (Å²) in [6, 6.07) is 6.10. The monoisotopic (exact) mass is 331 g/mol. The number of aromatic nitrogens is 3. The van der Waals surface area contributed by atoms with Crippen LogP contribution in [0.1, 0.15) is 5.56 Å². The van der Waals surface area contributed by atoms with Crippen LogP contribution in [0.2, 0.25) is 0 Å². The minimum absolute atomic E-state index is 0.720. The molecule has 0 aliphatic carbocycles. The van der Waals surface area contributed by atoms with Crippen molar-refractivity contribution in [2.75, 3.05) is 17.7 Å². The molecule has 0 saturated carbocycles. The third-order valence-corrected chi connectivity index (χ3v) is 3.92. The van der Waals surface area contributed by atoms with Gasteiger partial charge in [-0.2, -0.15) is 0 Å². The van der Waals surface area contributed by atoms with Crippen LogP contribution in [0.15, 0.2) is 41.3 Å². The van der Waals surface area contributed by atoms with Gasteiger partial charge in [-0.15, -0.1) is 0 Å². The lowest BCUT2D eigenvalue weighted by Gasteiger charge is -2.10. The van der Waals surface area contributed by atoms with Gasteiger partial charge in [0.15, 0.2) is 11.5 Å². The minimum Gasteiger partial charge on any atom is -0.372 e. The molecule has 0 aliphatic rings. The van der Waals surface area contributed by atoms with Crippen molar-refractivity contribution in [2.24, 2.45) is 0 Å². The highest BCUT2D eigenvalue weighted by molar-refractivity contribution is 9.10. The van der Waals surface area contributed by atoms with Gasteiger partial charge in [0.05, 0.1) is 6.20 Å². The molecule has 20 heavy (non-hydrogen) atoms. The molecule has 5 nitrogen and oxygen atoms in total. The number of benzene rings is 1. The topological polar surface area (TPSA) is 54.2 Å². The van der Waals surface area contributed by atoms with Crippen molar-refractivity contribution in [3.63, 3.8) is 0 Å². The van der Waals surface area contributed by atoms with Crippen LogP contribution < -0.4 is 10.6 Å². The van der Waals surface area contributed by atoms with Crippen molar-refractivity contribution in [3.8, 4) is 0 Å². The number of fused-ring (bicyclic) bond motifs is 1. The normalized spacial score (nSPS) is 10.8. The van der Waals surface area contributed by atoms with Crippen LogP contribution in [0.5, 0.6) is 0 Å². The summed E-state index contributed by atoms with van der Waals surface area (Å²) in [5.41, 5.74) is 2.95. The van der Waals surface area contributed by atoms with Crippen molar-refractivity contribution in [1.29, 1.82) is 0 Å². The number of halogens is 1. The molecule has 6 heteroatoms. The van der Waals surface area contributed by atoms with Gasteiger partial charge in [-0.1, -0.05) is 22.0 Å². The predicted octanol–water partition coefficient (Wildman–Crippen LogP) is 3.59. The summed E-state index contributed by atoms with van der Waals surface area (Å²) in [5.74, 6) is 1.50. The molecule has 0 fully saturated rings. The van der Waals surface area contributed by atoms with Gasteiger partial charge in [0.1, 0.15) is 5.82 Å². The molecular formula is C14H14BrN5. The summed E-state index contributed by atoms with van der Waals surface area (Å²) in [5, 5.41) is 6.36. The van der Waals surface area contributed by atoms with Gasteiger partial charge in [-0.3, -0.25) is 0 Å². The largest absolute Gasteiger partial charge is 0.372 e. The second-order valence-corrected chi connectivity index (χ2v) is 5.33. The van der Waals surface area contributed by atoms with Crippen molar-refractivity contribution in [2.45, 2.75) is 6.92 Å². The van der Waals surface area contributed by atoms with Gasteiger partial charge in [-0.25, -0.2) is 9.97 Å². The van der Waals surface area contributed by atoms with E-state index in [1.165, 1.54) is 5.56 Å². The lowest BCUT2D eigenvalue weighted by atomic mass is 10.2. The highest BCUT2D eigenvalue weighted by Crippen LogP contribution is 2.25. The first-order valence-corrected chi connectivity index (χ1v) is 7.01. The van der Waals surface area contributed by atoms with Gasteiger partial charge < -0.3 is 15.0 Å². The quantitative estimate of drug-likeness (QED) is 0.770. The Morgan fingerprint density at radius 2 is 2.15 bits per heavy atom. The van der Waals surface area contributed by atoms with Crippen LogP contribution in [0, 0.1) is 6.92 Å². The summed E-state index contributed by atoms with van der Waals surface area (Å²) >= 11 is 3.54. The molecule has 1 aromatic carbocycles. The molecule has 0 amide bonds. The van der Waals surface area contributed by atoms with E-state index in [0.717, 1.165) is 27.4 Å². The standard InChI is InChI=1S/C14H14BrN5/c1-9-3-4-10(7-11(9)15)18-13-14-17-5-6-20(14)8-12(16-2)19-13/h3-8,16H,1-2H3,(H,18,19). The van der Waals surface area contributed by atoms with E-state index < -0.39 is 0 Å². The van der Waals surface area contributed by atoms with Crippen LogP contribution in [0.25, 0.3) is 5.65 Å². The van der Waals surface area contributed by atoms with Gasteiger partial charge in [0.2, 0.25) is 0 Å². The second kappa shape index (κ2) is 5.13. The van der Waals surface area contributed by atoms with Crippen LogP contribution in [0.4, 0.5) is 17.3 Å².